The van der Waals surface area contributed by atoms with Gasteiger partial charge < -0.3 is 20.3 Å². The molecule has 0 aliphatic rings. The van der Waals surface area contributed by atoms with Gasteiger partial charge in [0.2, 0.25) is 0 Å². The molecule has 1 rings (SSSR count). The zero-order valence-electron chi connectivity index (χ0n) is 9.55. The van der Waals surface area contributed by atoms with Crippen molar-refractivity contribution >= 4 is 11.9 Å². The Hall–Kier alpha value is -2.22. The van der Waals surface area contributed by atoms with E-state index >= 15 is 0 Å². The summed E-state index contributed by atoms with van der Waals surface area (Å²) in [5.74, 6) is -2.19. The lowest BCUT2D eigenvalue weighted by Gasteiger charge is -2.08. The second-order valence-corrected chi connectivity index (χ2v) is 3.47. The monoisotopic (exact) mass is 275 g/mol. The van der Waals surface area contributed by atoms with E-state index in [2.05, 4.69) is 10.1 Å². The molecule has 0 saturated carbocycles. The number of halogens is 2. The SMILES string of the molecule is O=C(NC[C@H](O)C(=O)O)c1ccc(OC(F)F)cc1. The Kier molecular flexibility index (Phi) is 5.19. The third-order valence-corrected chi connectivity index (χ3v) is 2.08. The molecule has 1 amide bonds. The van der Waals surface area contributed by atoms with Gasteiger partial charge in [0.05, 0.1) is 6.54 Å². The summed E-state index contributed by atoms with van der Waals surface area (Å²) < 4.78 is 27.9. The first-order chi connectivity index (χ1) is 8.90. The van der Waals surface area contributed by atoms with Crippen molar-refractivity contribution in [3.8, 4) is 5.75 Å². The van der Waals surface area contributed by atoms with Gasteiger partial charge >= 0.3 is 12.6 Å². The number of carboxylic acids is 1. The summed E-state index contributed by atoms with van der Waals surface area (Å²) in [5, 5.41) is 19.5. The van der Waals surface area contributed by atoms with Crippen LogP contribution in [0.15, 0.2) is 24.3 Å². The topological polar surface area (TPSA) is 95.9 Å². The van der Waals surface area contributed by atoms with Gasteiger partial charge in [-0.25, -0.2) is 4.79 Å². The standard InChI is InChI=1S/C11H11F2NO5/c12-11(13)19-7-3-1-6(2-4-7)9(16)14-5-8(15)10(17)18/h1-4,8,11,15H,5H2,(H,14,16)(H,17,18)/t8-/m0/s1. The Morgan fingerprint density at radius 3 is 2.32 bits per heavy atom. The predicted molar refractivity (Wildman–Crippen MR) is 59.0 cm³/mol. The minimum atomic E-state index is -2.95. The fourth-order valence-corrected chi connectivity index (χ4v) is 1.17. The fraction of sp³-hybridized carbons (Fsp3) is 0.273. The largest absolute Gasteiger partial charge is 0.479 e. The van der Waals surface area contributed by atoms with Crippen LogP contribution >= 0.6 is 0 Å². The molecule has 0 aliphatic heterocycles. The molecule has 0 heterocycles. The van der Waals surface area contributed by atoms with E-state index in [1.165, 1.54) is 24.3 Å². The number of hydrogen-bond donors (Lipinski definition) is 3. The van der Waals surface area contributed by atoms with Crippen LogP contribution in [0.5, 0.6) is 5.75 Å². The van der Waals surface area contributed by atoms with Crippen LogP contribution in [-0.2, 0) is 4.79 Å². The molecule has 0 fully saturated rings. The Morgan fingerprint density at radius 2 is 1.84 bits per heavy atom. The summed E-state index contributed by atoms with van der Waals surface area (Å²) >= 11 is 0. The van der Waals surface area contributed by atoms with Gasteiger partial charge in [-0.3, -0.25) is 4.79 Å². The van der Waals surface area contributed by atoms with E-state index in [1.807, 2.05) is 0 Å². The van der Waals surface area contributed by atoms with Crippen LogP contribution in [0, 0.1) is 0 Å². The molecule has 19 heavy (non-hydrogen) atoms. The minimum absolute atomic E-state index is 0.0999. The lowest BCUT2D eigenvalue weighted by Crippen LogP contribution is -2.36. The van der Waals surface area contributed by atoms with Crippen LogP contribution in [0.2, 0.25) is 0 Å². The maximum Gasteiger partial charge on any atom is 0.387 e. The highest BCUT2D eigenvalue weighted by Crippen LogP contribution is 2.14. The van der Waals surface area contributed by atoms with Crippen molar-refractivity contribution in [1.82, 2.24) is 5.32 Å². The lowest BCUT2D eigenvalue weighted by molar-refractivity contribution is -0.146. The number of aliphatic hydroxyl groups is 1. The normalized spacial score (nSPS) is 12.0. The molecule has 0 radical (unpaired) electrons. The Bertz CT molecular complexity index is 449. The van der Waals surface area contributed by atoms with Gasteiger partial charge in [-0.15, -0.1) is 0 Å². The van der Waals surface area contributed by atoms with E-state index in [9.17, 15) is 18.4 Å². The minimum Gasteiger partial charge on any atom is -0.479 e. The van der Waals surface area contributed by atoms with Crippen molar-refractivity contribution in [2.24, 2.45) is 0 Å². The molecule has 104 valence electrons. The summed E-state index contributed by atoms with van der Waals surface area (Å²) in [6, 6.07) is 4.82. The first kappa shape index (κ1) is 14.8. The average Bonchev–Trinajstić information content (AvgIpc) is 2.35. The number of aliphatic hydroxyl groups excluding tert-OH is 1. The summed E-state index contributed by atoms with van der Waals surface area (Å²) in [4.78, 5) is 21.8. The number of alkyl halides is 2. The number of hydrogen-bond acceptors (Lipinski definition) is 4. The van der Waals surface area contributed by atoms with E-state index in [0.29, 0.717) is 0 Å². The van der Waals surface area contributed by atoms with E-state index in [1.54, 1.807) is 0 Å². The number of amides is 1. The van der Waals surface area contributed by atoms with E-state index < -0.39 is 31.1 Å². The summed E-state index contributed by atoms with van der Waals surface area (Å²) in [7, 11) is 0. The summed E-state index contributed by atoms with van der Waals surface area (Å²) in [6.07, 6.45) is -1.70. The molecule has 6 nitrogen and oxygen atoms in total. The first-order valence-corrected chi connectivity index (χ1v) is 5.14. The van der Waals surface area contributed by atoms with Gasteiger partial charge in [0, 0.05) is 5.56 Å². The molecule has 1 aromatic rings. The molecule has 0 spiro atoms. The summed E-state index contributed by atoms with van der Waals surface area (Å²) in [5.41, 5.74) is 0.124. The van der Waals surface area contributed by atoms with Crippen molar-refractivity contribution < 1.29 is 33.3 Å². The third kappa shape index (κ3) is 4.88. The van der Waals surface area contributed by atoms with Crippen LogP contribution in [0.3, 0.4) is 0 Å². The highest BCUT2D eigenvalue weighted by molar-refractivity contribution is 5.94. The molecule has 0 unspecified atom stereocenters. The maximum atomic E-state index is 11.9. The van der Waals surface area contributed by atoms with Crippen LogP contribution in [0.25, 0.3) is 0 Å². The molecule has 1 atom stereocenters. The number of carbonyl (C=O) groups excluding carboxylic acids is 1. The quantitative estimate of drug-likeness (QED) is 0.701. The number of benzene rings is 1. The second-order valence-electron chi connectivity index (χ2n) is 3.47. The van der Waals surface area contributed by atoms with Crippen molar-refractivity contribution in [3.05, 3.63) is 29.8 Å². The predicted octanol–water partition coefficient (Wildman–Crippen LogP) is 0.463. The van der Waals surface area contributed by atoms with Gasteiger partial charge in [-0.05, 0) is 24.3 Å². The van der Waals surface area contributed by atoms with Crippen LogP contribution in [0.4, 0.5) is 8.78 Å². The van der Waals surface area contributed by atoms with Crippen LogP contribution in [-0.4, -0.2) is 41.3 Å². The van der Waals surface area contributed by atoms with Gasteiger partial charge in [0.15, 0.2) is 6.10 Å². The number of rotatable bonds is 6. The lowest BCUT2D eigenvalue weighted by atomic mass is 10.2. The van der Waals surface area contributed by atoms with Gasteiger partial charge in [-0.2, -0.15) is 8.78 Å². The van der Waals surface area contributed by atoms with Crippen molar-refractivity contribution in [2.45, 2.75) is 12.7 Å². The average molecular weight is 275 g/mol. The molecule has 0 aromatic heterocycles. The number of aliphatic carboxylic acids is 1. The Morgan fingerprint density at radius 1 is 1.26 bits per heavy atom. The Labute approximate surface area is 106 Å². The Balaban J connectivity index is 2.55. The number of carboxylic acid groups (broad SMARTS) is 1. The van der Waals surface area contributed by atoms with Crippen LogP contribution in [0.1, 0.15) is 10.4 Å². The van der Waals surface area contributed by atoms with Gasteiger partial charge in [0.1, 0.15) is 5.75 Å². The van der Waals surface area contributed by atoms with Crippen molar-refractivity contribution in [2.75, 3.05) is 6.54 Å². The van der Waals surface area contributed by atoms with Gasteiger partial charge in [0.25, 0.3) is 5.91 Å². The van der Waals surface area contributed by atoms with E-state index in [0.717, 1.165) is 0 Å². The zero-order valence-corrected chi connectivity index (χ0v) is 9.55. The maximum absolute atomic E-state index is 11.9. The molecule has 8 heteroatoms. The molecular formula is C11H11F2NO5. The van der Waals surface area contributed by atoms with Crippen LogP contribution < -0.4 is 10.1 Å². The number of ether oxygens (including phenoxy) is 1. The number of carbonyl (C=O) groups is 2. The molecule has 3 N–H and O–H groups in total. The van der Waals surface area contributed by atoms with Gasteiger partial charge in [-0.1, -0.05) is 0 Å². The molecule has 0 aliphatic carbocycles. The first-order valence-electron chi connectivity index (χ1n) is 5.14. The molecule has 0 bridgehead atoms. The molecule has 1 aromatic carbocycles. The fourth-order valence-electron chi connectivity index (χ4n) is 1.17. The summed E-state index contributed by atoms with van der Waals surface area (Å²) in [6.45, 7) is -3.41. The number of nitrogens with one attached hydrogen (secondary N) is 1. The highest BCUT2D eigenvalue weighted by atomic mass is 19.3. The molecular weight excluding hydrogens is 264 g/mol. The van der Waals surface area contributed by atoms with Crippen molar-refractivity contribution in [1.29, 1.82) is 0 Å². The third-order valence-electron chi connectivity index (χ3n) is 2.08. The second kappa shape index (κ2) is 6.64. The molecule has 0 saturated heterocycles. The van der Waals surface area contributed by atoms with Crippen molar-refractivity contribution in [3.63, 3.8) is 0 Å². The highest BCUT2D eigenvalue weighted by Gasteiger charge is 2.15. The smallest absolute Gasteiger partial charge is 0.387 e. The van der Waals surface area contributed by atoms with E-state index in [-0.39, 0.29) is 11.3 Å². The van der Waals surface area contributed by atoms with E-state index in [4.69, 9.17) is 10.2 Å². The zero-order chi connectivity index (χ0) is 14.4.